The maximum Gasteiger partial charge on any atom is 0.322 e. The number of nitrogens with one attached hydrogen (secondary N) is 2. The molecular formula is C17H26N4O. The van der Waals surface area contributed by atoms with Gasteiger partial charge in [0, 0.05) is 32.2 Å². The molecule has 0 saturated carbocycles. The normalized spacial score (nSPS) is 21.6. The zero-order valence-electron chi connectivity index (χ0n) is 13.5. The summed E-state index contributed by atoms with van der Waals surface area (Å²) in [5.41, 5.74) is 2.01. The largest absolute Gasteiger partial charge is 0.382 e. The number of carbonyl (C=O) groups is 1. The summed E-state index contributed by atoms with van der Waals surface area (Å²) < 4.78 is 0. The van der Waals surface area contributed by atoms with Crippen molar-refractivity contribution >= 4 is 17.4 Å². The van der Waals surface area contributed by atoms with Crippen LogP contribution < -0.4 is 15.5 Å². The van der Waals surface area contributed by atoms with Crippen molar-refractivity contribution in [3.63, 3.8) is 0 Å². The van der Waals surface area contributed by atoms with Crippen LogP contribution in [0.4, 0.5) is 16.2 Å². The number of rotatable bonds is 3. The molecule has 22 heavy (non-hydrogen) atoms. The highest BCUT2D eigenvalue weighted by Crippen LogP contribution is 2.28. The number of benzene rings is 1. The first-order valence-electron chi connectivity index (χ1n) is 8.27. The molecule has 1 fully saturated rings. The van der Waals surface area contributed by atoms with Gasteiger partial charge >= 0.3 is 6.03 Å². The van der Waals surface area contributed by atoms with Crippen LogP contribution in [0, 0.1) is 5.92 Å². The topological polar surface area (TPSA) is 47.6 Å². The Kier molecular flexibility index (Phi) is 4.52. The van der Waals surface area contributed by atoms with E-state index in [1.807, 2.05) is 29.2 Å². The molecule has 2 N–H and O–H groups in total. The van der Waals surface area contributed by atoms with Crippen molar-refractivity contribution in [1.82, 2.24) is 10.2 Å². The summed E-state index contributed by atoms with van der Waals surface area (Å²) in [4.78, 5) is 16.8. The second-order valence-electron chi connectivity index (χ2n) is 6.53. The standard InChI is InChI=1S/C17H26N4O/c1-13(2)20-9-7-14(12-20)11-19-17(22)21-10-8-18-15-5-3-4-6-16(15)21/h3-6,13-14,18H,7-12H2,1-2H3,(H,19,22). The summed E-state index contributed by atoms with van der Waals surface area (Å²) in [6.07, 6.45) is 1.18. The molecule has 2 amide bonds. The molecule has 5 heteroatoms. The quantitative estimate of drug-likeness (QED) is 0.901. The minimum atomic E-state index is 0.0250. The number of nitrogens with zero attached hydrogens (tertiary/aromatic N) is 2. The van der Waals surface area contributed by atoms with Gasteiger partial charge in [-0.25, -0.2) is 4.79 Å². The van der Waals surface area contributed by atoms with Crippen LogP contribution in [0.2, 0.25) is 0 Å². The third-order valence-electron chi connectivity index (χ3n) is 4.68. The van der Waals surface area contributed by atoms with E-state index in [0.29, 0.717) is 18.5 Å². The van der Waals surface area contributed by atoms with Crippen molar-refractivity contribution in [2.45, 2.75) is 26.3 Å². The number of urea groups is 1. The zero-order chi connectivity index (χ0) is 15.5. The lowest BCUT2D eigenvalue weighted by molar-refractivity contribution is 0.242. The van der Waals surface area contributed by atoms with Crippen LogP contribution in [-0.4, -0.2) is 49.7 Å². The summed E-state index contributed by atoms with van der Waals surface area (Å²) in [6, 6.07) is 8.61. The number of para-hydroxylation sites is 2. The first-order chi connectivity index (χ1) is 10.6. The molecule has 0 bridgehead atoms. The van der Waals surface area contributed by atoms with Gasteiger partial charge in [0.1, 0.15) is 0 Å². The lowest BCUT2D eigenvalue weighted by Gasteiger charge is -2.30. The number of fused-ring (bicyclic) bond motifs is 1. The molecule has 2 aliphatic heterocycles. The van der Waals surface area contributed by atoms with E-state index in [1.165, 1.54) is 6.42 Å². The lowest BCUT2D eigenvalue weighted by Crippen LogP contribution is -2.46. The van der Waals surface area contributed by atoms with Gasteiger partial charge in [0.2, 0.25) is 0 Å². The van der Waals surface area contributed by atoms with Gasteiger partial charge in [-0.15, -0.1) is 0 Å². The number of likely N-dealkylation sites (tertiary alicyclic amines) is 1. The Labute approximate surface area is 132 Å². The van der Waals surface area contributed by atoms with Crippen LogP contribution in [0.1, 0.15) is 20.3 Å². The van der Waals surface area contributed by atoms with Crippen molar-refractivity contribution in [2.24, 2.45) is 5.92 Å². The molecule has 1 unspecified atom stereocenters. The molecule has 5 nitrogen and oxygen atoms in total. The lowest BCUT2D eigenvalue weighted by atomic mass is 10.1. The van der Waals surface area contributed by atoms with Crippen molar-refractivity contribution < 1.29 is 4.79 Å². The highest BCUT2D eigenvalue weighted by Gasteiger charge is 2.26. The molecule has 0 spiro atoms. The van der Waals surface area contributed by atoms with Gasteiger partial charge in [-0.3, -0.25) is 4.90 Å². The van der Waals surface area contributed by atoms with Crippen LogP contribution in [0.25, 0.3) is 0 Å². The SMILES string of the molecule is CC(C)N1CCC(CNC(=O)N2CCNc3ccccc32)C1. The Morgan fingerprint density at radius 2 is 2.18 bits per heavy atom. The molecule has 3 rings (SSSR count). The predicted molar refractivity (Wildman–Crippen MR) is 90.5 cm³/mol. The third kappa shape index (κ3) is 3.19. The van der Waals surface area contributed by atoms with Gasteiger partial charge < -0.3 is 15.5 Å². The Bertz CT molecular complexity index is 531. The highest BCUT2D eigenvalue weighted by atomic mass is 16.2. The zero-order valence-corrected chi connectivity index (χ0v) is 13.5. The molecule has 2 heterocycles. The Hall–Kier alpha value is -1.75. The van der Waals surface area contributed by atoms with Crippen LogP contribution in [-0.2, 0) is 0 Å². The van der Waals surface area contributed by atoms with Gasteiger partial charge in [-0.1, -0.05) is 12.1 Å². The molecule has 1 aromatic rings. The number of amides is 2. The van der Waals surface area contributed by atoms with Crippen molar-refractivity contribution in [3.05, 3.63) is 24.3 Å². The second kappa shape index (κ2) is 6.57. The minimum Gasteiger partial charge on any atom is -0.382 e. The van der Waals surface area contributed by atoms with Crippen LogP contribution in [0.3, 0.4) is 0 Å². The smallest absolute Gasteiger partial charge is 0.322 e. The van der Waals surface area contributed by atoms with Gasteiger partial charge in [0.05, 0.1) is 11.4 Å². The summed E-state index contributed by atoms with van der Waals surface area (Å²) >= 11 is 0. The van der Waals surface area contributed by atoms with E-state index in [0.717, 1.165) is 37.6 Å². The molecule has 0 radical (unpaired) electrons. The van der Waals surface area contributed by atoms with Gasteiger partial charge in [-0.2, -0.15) is 0 Å². The first kappa shape index (κ1) is 15.2. The highest BCUT2D eigenvalue weighted by molar-refractivity contribution is 5.96. The molecule has 1 atom stereocenters. The summed E-state index contributed by atoms with van der Waals surface area (Å²) in [6.45, 7) is 9.00. The third-order valence-corrected chi connectivity index (χ3v) is 4.68. The fraction of sp³-hybridized carbons (Fsp3) is 0.588. The second-order valence-corrected chi connectivity index (χ2v) is 6.53. The van der Waals surface area contributed by atoms with E-state index >= 15 is 0 Å². The van der Waals surface area contributed by atoms with E-state index in [1.54, 1.807) is 0 Å². The molecular weight excluding hydrogens is 276 g/mol. The molecule has 2 aliphatic rings. The molecule has 0 aromatic heterocycles. The fourth-order valence-electron chi connectivity index (χ4n) is 3.32. The Morgan fingerprint density at radius 3 is 2.95 bits per heavy atom. The van der Waals surface area contributed by atoms with Gasteiger partial charge in [0.15, 0.2) is 0 Å². The number of carbonyl (C=O) groups excluding carboxylic acids is 1. The number of hydrogen-bond acceptors (Lipinski definition) is 3. The molecule has 120 valence electrons. The fourth-order valence-corrected chi connectivity index (χ4v) is 3.32. The summed E-state index contributed by atoms with van der Waals surface area (Å²) in [5.74, 6) is 0.574. The predicted octanol–water partition coefficient (Wildman–Crippen LogP) is 2.36. The number of hydrogen-bond donors (Lipinski definition) is 2. The summed E-state index contributed by atoms with van der Waals surface area (Å²) in [7, 11) is 0. The first-order valence-corrected chi connectivity index (χ1v) is 8.27. The number of anilines is 2. The molecule has 1 saturated heterocycles. The summed E-state index contributed by atoms with van der Waals surface area (Å²) in [5, 5.41) is 6.46. The molecule has 0 aliphatic carbocycles. The van der Waals surface area contributed by atoms with Crippen LogP contribution in [0.15, 0.2) is 24.3 Å². The van der Waals surface area contributed by atoms with Crippen molar-refractivity contribution in [3.8, 4) is 0 Å². The van der Waals surface area contributed by atoms with E-state index in [9.17, 15) is 4.79 Å². The van der Waals surface area contributed by atoms with E-state index in [4.69, 9.17) is 0 Å². The molecule has 1 aromatic carbocycles. The van der Waals surface area contributed by atoms with Crippen LogP contribution in [0.5, 0.6) is 0 Å². The maximum atomic E-state index is 12.5. The maximum absolute atomic E-state index is 12.5. The van der Waals surface area contributed by atoms with E-state index < -0.39 is 0 Å². The Balaban J connectivity index is 1.55. The minimum absolute atomic E-state index is 0.0250. The van der Waals surface area contributed by atoms with E-state index in [-0.39, 0.29) is 6.03 Å². The van der Waals surface area contributed by atoms with E-state index in [2.05, 4.69) is 29.4 Å². The average Bonchev–Trinajstić information content (AvgIpc) is 3.01. The van der Waals surface area contributed by atoms with Crippen molar-refractivity contribution in [1.29, 1.82) is 0 Å². The van der Waals surface area contributed by atoms with Crippen LogP contribution >= 0.6 is 0 Å². The van der Waals surface area contributed by atoms with Crippen molar-refractivity contribution in [2.75, 3.05) is 42.9 Å². The average molecular weight is 302 g/mol. The monoisotopic (exact) mass is 302 g/mol. The van der Waals surface area contributed by atoms with Gasteiger partial charge in [0.25, 0.3) is 0 Å². The Morgan fingerprint density at radius 1 is 1.36 bits per heavy atom. The van der Waals surface area contributed by atoms with Gasteiger partial charge in [-0.05, 0) is 44.9 Å².